The van der Waals surface area contributed by atoms with Crippen molar-refractivity contribution < 1.29 is 14.6 Å². The first-order chi connectivity index (χ1) is 11.6. The molecule has 5 heteroatoms. The minimum absolute atomic E-state index is 0.181. The Morgan fingerprint density at radius 1 is 1.25 bits per heavy atom. The lowest BCUT2D eigenvalue weighted by molar-refractivity contribution is 0.0919. The molecular weight excluding hydrogens is 304 g/mol. The molecule has 2 aromatic rings. The van der Waals surface area contributed by atoms with E-state index in [1.165, 1.54) is 0 Å². The zero-order valence-electron chi connectivity index (χ0n) is 14.1. The lowest BCUT2D eigenvalue weighted by Crippen LogP contribution is -2.28. The van der Waals surface area contributed by atoms with Crippen LogP contribution in [-0.2, 0) is 6.61 Å². The Bertz CT molecular complexity index is 644. The molecule has 0 aliphatic heterocycles. The second kappa shape index (κ2) is 9.03. The molecule has 1 aromatic heterocycles. The Labute approximate surface area is 142 Å². The lowest BCUT2D eigenvalue weighted by atomic mass is 10.0. The van der Waals surface area contributed by atoms with Crippen LogP contribution in [0, 0.1) is 5.92 Å². The van der Waals surface area contributed by atoms with Gasteiger partial charge in [0.25, 0.3) is 5.91 Å². The fourth-order valence-corrected chi connectivity index (χ4v) is 2.13. The van der Waals surface area contributed by atoms with Crippen LogP contribution < -0.4 is 10.1 Å². The predicted molar refractivity (Wildman–Crippen MR) is 92.8 cm³/mol. The second-order valence-corrected chi connectivity index (χ2v) is 6.01. The average molecular weight is 328 g/mol. The van der Waals surface area contributed by atoms with Crippen LogP contribution in [0.4, 0.5) is 0 Å². The smallest absolute Gasteiger partial charge is 0.251 e. The number of aliphatic hydroxyl groups excluding tert-OH is 1. The molecule has 24 heavy (non-hydrogen) atoms. The molecule has 128 valence electrons. The van der Waals surface area contributed by atoms with Crippen molar-refractivity contribution in [2.45, 2.75) is 33.0 Å². The van der Waals surface area contributed by atoms with Crippen molar-refractivity contribution in [3.63, 3.8) is 0 Å². The topological polar surface area (TPSA) is 71.5 Å². The van der Waals surface area contributed by atoms with Crippen LogP contribution in [0.25, 0.3) is 0 Å². The molecule has 0 saturated heterocycles. The fraction of sp³-hybridized carbons (Fsp3) is 0.368. The van der Waals surface area contributed by atoms with Gasteiger partial charge in [-0.3, -0.25) is 4.79 Å². The summed E-state index contributed by atoms with van der Waals surface area (Å²) < 4.78 is 5.63. The van der Waals surface area contributed by atoms with Crippen molar-refractivity contribution in [1.82, 2.24) is 10.3 Å². The number of ether oxygens (including phenoxy) is 1. The Balaban J connectivity index is 1.86. The van der Waals surface area contributed by atoms with E-state index in [-0.39, 0.29) is 11.8 Å². The Morgan fingerprint density at radius 3 is 2.71 bits per heavy atom. The maximum absolute atomic E-state index is 12.1. The van der Waals surface area contributed by atoms with Crippen LogP contribution >= 0.6 is 0 Å². The Kier molecular flexibility index (Phi) is 6.75. The van der Waals surface area contributed by atoms with E-state index >= 15 is 0 Å². The van der Waals surface area contributed by atoms with Gasteiger partial charge in [-0.2, -0.15) is 0 Å². The predicted octanol–water partition coefficient (Wildman–Crippen LogP) is 2.80. The molecule has 0 spiro atoms. The molecule has 0 saturated carbocycles. The largest absolute Gasteiger partial charge is 0.473 e. The number of hydrogen-bond donors (Lipinski definition) is 2. The normalized spacial score (nSPS) is 12.0. The molecule has 1 heterocycles. The van der Waals surface area contributed by atoms with Gasteiger partial charge in [-0.05, 0) is 24.0 Å². The number of nitrogens with zero attached hydrogens (tertiary/aromatic N) is 1. The number of aliphatic hydroxyl groups is 1. The van der Waals surface area contributed by atoms with Crippen LogP contribution in [0.3, 0.4) is 0 Å². The summed E-state index contributed by atoms with van der Waals surface area (Å²) in [5.74, 6) is 0.396. The Morgan fingerprint density at radius 2 is 2.00 bits per heavy atom. The van der Waals surface area contributed by atoms with Crippen LogP contribution in [0.2, 0.25) is 0 Å². The number of benzene rings is 1. The van der Waals surface area contributed by atoms with Crippen molar-refractivity contribution in [2.24, 2.45) is 5.92 Å². The third-order valence-electron chi connectivity index (χ3n) is 3.72. The lowest BCUT2D eigenvalue weighted by Gasteiger charge is -2.14. The minimum atomic E-state index is -0.410. The van der Waals surface area contributed by atoms with Gasteiger partial charge in [0.1, 0.15) is 6.61 Å². The number of rotatable bonds is 8. The van der Waals surface area contributed by atoms with Crippen LogP contribution in [0.5, 0.6) is 5.88 Å². The SMILES string of the molecule is CC(C)C(O)CCNC(=O)c1ccnc(OCc2ccccc2)c1. The first-order valence-corrected chi connectivity index (χ1v) is 8.15. The van der Waals surface area contributed by atoms with Crippen molar-refractivity contribution in [2.75, 3.05) is 6.54 Å². The number of nitrogens with one attached hydrogen (secondary N) is 1. The van der Waals surface area contributed by atoms with Gasteiger partial charge in [0.15, 0.2) is 0 Å². The van der Waals surface area contributed by atoms with Crippen LogP contribution in [-0.4, -0.2) is 28.6 Å². The van der Waals surface area contributed by atoms with E-state index in [4.69, 9.17) is 4.74 Å². The quantitative estimate of drug-likeness (QED) is 0.782. The molecular formula is C19H24N2O3. The van der Waals surface area contributed by atoms with Gasteiger partial charge in [-0.15, -0.1) is 0 Å². The van der Waals surface area contributed by atoms with Gasteiger partial charge >= 0.3 is 0 Å². The summed E-state index contributed by atoms with van der Waals surface area (Å²) in [5, 5.41) is 12.6. The first-order valence-electron chi connectivity index (χ1n) is 8.15. The van der Waals surface area contributed by atoms with Gasteiger partial charge in [-0.25, -0.2) is 4.98 Å². The van der Waals surface area contributed by atoms with Crippen LogP contribution in [0.15, 0.2) is 48.7 Å². The van der Waals surface area contributed by atoms with E-state index in [1.54, 1.807) is 18.3 Å². The number of hydrogen-bond acceptors (Lipinski definition) is 4. The standard InChI is InChI=1S/C19H24N2O3/c1-14(2)17(22)9-11-21-19(23)16-8-10-20-18(12-16)24-13-15-6-4-3-5-7-15/h3-8,10,12,14,17,22H,9,11,13H2,1-2H3,(H,21,23). The summed E-state index contributed by atoms with van der Waals surface area (Å²) >= 11 is 0. The number of amides is 1. The van der Waals surface area contributed by atoms with Gasteiger partial charge in [0, 0.05) is 24.4 Å². The van der Waals surface area contributed by atoms with E-state index in [1.807, 2.05) is 44.2 Å². The van der Waals surface area contributed by atoms with E-state index in [9.17, 15) is 9.90 Å². The molecule has 2 N–H and O–H groups in total. The summed E-state index contributed by atoms with van der Waals surface area (Å²) in [6, 6.07) is 13.0. The van der Waals surface area contributed by atoms with Crippen LogP contribution in [0.1, 0.15) is 36.2 Å². The van der Waals surface area contributed by atoms with E-state index in [2.05, 4.69) is 10.3 Å². The average Bonchev–Trinajstić information content (AvgIpc) is 2.60. The number of carbonyl (C=O) groups excluding carboxylic acids is 1. The van der Waals surface area contributed by atoms with Crippen molar-refractivity contribution in [3.8, 4) is 5.88 Å². The number of carbonyl (C=O) groups is 1. The molecule has 1 unspecified atom stereocenters. The Hall–Kier alpha value is -2.40. The zero-order chi connectivity index (χ0) is 17.4. The summed E-state index contributed by atoms with van der Waals surface area (Å²) in [4.78, 5) is 16.3. The molecule has 0 aliphatic rings. The van der Waals surface area contributed by atoms with Crippen molar-refractivity contribution in [3.05, 3.63) is 59.8 Å². The molecule has 1 atom stereocenters. The number of pyridine rings is 1. The molecule has 5 nitrogen and oxygen atoms in total. The highest BCUT2D eigenvalue weighted by Gasteiger charge is 2.11. The summed E-state index contributed by atoms with van der Waals surface area (Å²) in [6.07, 6.45) is 1.68. The highest BCUT2D eigenvalue weighted by atomic mass is 16.5. The van der Waals surface area contributed by atoms with Gasteiger partial charge in [0.05, 0.1) is 6.10 Å². The molecule has 0 bridgehead atoms. The molecule has 0 aliphatic carbocycles. The molecule has 2 rings (SSSR count). The molecule has 1 amide bonds. The maximum Gasteiger partial charge on any atom is 0.251 e. The zero-order valence-corrected chi connectivity index (χ0v) is 14.1. The first kappa shape index (κ1) is 17.9. The molecule has 0 radical (unpaired) electrons. The van der Waals surface area contributed by atoms with Crippen molar-refractivity contribution >= 4 is 5.91 Å². The van der Waals surface area contributed by atoms with Gasteiger partial charge in [0.2, 0.25) is 5.88 Å². The van der Waals surface area contributed by atoms with Gasteiger partial charge in [-0.1, -0.05) is 44.2 Å². The van der Waals surface area contributed by atoms with E-state index in [0.717, 1.165) is 5.56 Å². The van der Waals surface area contributed by atoms with E-state index < -0.39 is 6.10 Å². The fourth-order valence-electron chi connectivity index (χ4n) is 2.13. The summed E-state index contributed by atoms with van der Waals surface area (Å²) in [7, 11) is 0. The molecule has 1 aromatic carbocycles. The monoisotopic (exact) mass is 328 g/mol. The third-order valence-corrected chi connectivity index (χ3v) is 3.72. The molecule has 0 fully saturated rings. The second-order valence-electron chi connectivity index (χ2n) is 6.01. The highest BCUT2D eigenvalue weighted by Crippen LogP contribution is 2.12. The summed E-state index contributed by atoms with van der Waals surface area (Å²) in [5.41, 5.74) is 1.53. The highest BCUT2D eigenvalue weighted by molar-refractivity contribution is 5.94. The third kappa shape index (κ3) is 5.66. The maximum atomic E-state index is 12.1. The number of aromatic nitrogens is 1. The minimum Gasteiger partial charge on any atom is -0.473 e. The van der Waals surface area contributed by atoms with Crippen molar-refractivity contribution in [1.29, 1.82) is 0 Å². The van der Waals surface area contributed by atoms with Gasteiger partial charge < -0.3 is 15.2 Å². The summed E-state index contributed by atoms with van der Waals surface area (Å²) in [6.45, 7) is 4.73. The van der Waals surface area contributed by atoms with E-state index in [0.29, 0.717) is 31.0 Å².